The predicted molar refractivity (Wildman–Crippen MR) is 116 cm³/mol. The molecule has 3 aromatic rings. The summed E-state index contributed by atoms with van der Waals surface area (Å²) in [5.74, 6) is 1.25. The lowest BCUT2D eigenvalue weighted by Gasteiger charge is -2.23. The van der Waals surface area contributed by atoms with Gasteiger partial charge in [0.2, 0.25) is 10.0 Å². The molecule has 0 aromatic heterocycles. The molecular formula is C24H25NO4S. The zero-order chi connectivity index (χ0) is 21.3. The maximum absolute atomic E-state index is 13.1. The van der Waals surface area contributed by atoms with Crippen LogP contribution in [0.4, 0.5) is 0 Å². The van der Waals surface area contributed by atoms with Crippen LogP contribution >= 0.6 is 0 Å². The SMILES string of the molecule is COc1cc2c(cc1OC)[C@@H](NS(=O)(=O)c1ccccc1)[C@H](C)[C@H]2c1ccccc1. The van der Waals surface area contributed by atoms with Crippen LogP contribution in [-0.4, -0.2) is 22.6 Å². The largest absolute Gasteiger partial charge is 0.493 e. The van der Waals surface area contributed by atoms with Crippen molar-refractivity contribution >= 4 is 10.0 Å². The first-order valence-corrected chi connectivity index (χ1v) is 11.3. The van der Waals surface area contributed by atoms with E-state index in [4.69, 9.17) is 9.47 Å². The molecule has 0 saturated carbocycles. The molecule has 30 heavy (non-hydrogen) atoms. The minimum atomic E-state index is -3.68. The Morgan fingerprint density at radius 2 is 1.33 bits per heavy atom. The lowest BCUT2D eigenvalue weighted by atomic mass is 9.86. The van der Waals surface area contributed by atoms with Crippen molar-refractivity contribution in [1.82, 2.24) is 4.72 Å². The van der Waals surface area contributed by atoms with Gasteiger partial charge < -0.3 is 9.47 Å². The van der Waals surface area contributed by atoms with Gasteiger partial charge >= 0.3 is 0 Å². The Hall–Kier alpha value is -2.83. The van der Waals surface area contributed by atoms with Crippen LogP contribution in [0.1, 0.15) is 35.6 Å². The average molecular weight is 424 g/mol. The second-order valence-corrected chi connectivity index (χ2v) is 9.21. The molecule has 4 rings (SSSR count). The first-order chi connectivity index (χ1) is 14.5. The van der Waals surface area contributed by atoms with E-state index in [0.29, 0.717) is 11.5 Å². The first kappa shape index (κ1) is 20.4. The quantitative estimate of drug-likeness (QED) is 0.634. The third kappa shape index (κ3) is 3.57. The minimum absolute atomic E-state index is 0.00213. The molecule has 0 heterocycles. The van der Waals surface area contributed by atoms with Gasteiger partial charge in [0.25, 0.3) is 0 Å². The van der Waals surface area contributed by atoms with Crippen molar-refractivity contribution in [2.75, 3.05) is 14.2 Å². The fraction of sp³-hybridized carbons (Fsp3) is 0.250. The maximum Gasteiger partial charge on any atom is 0.241 e. The summed E-state index contributed by atoms with van der Waals surface area (Å²) in [6.07, 6.45) is 0. The molecule has 3 aromatic carbocycles. The Balaban J connectivity index is 1.83. The van der Waals surface area contributed by atoms with Gasteiger partial charge in [-0.2, -0.15) is 0 Å². The highest BCUT2D eigenvalue weighted by atomic mass is 32.2. The van der Waals surface area contributed by atoms with Crippen LogP contribution in [0.25, 0.3) is 0 Å². The molecule has 156 valence electrons. The Labute approximate surface area is 177 Å². The van der Waals surface area contributed by atoms with Crippen LogP contribution in [0, 0.1) is 5.92 Å². The molecule has 0 unspecified atom stereocenters. The summed E-state index contributed by atoms with van der Waals surface area (Å²) in [6, 6.07) is 22.1. The number of fused-ring (bicyclic) bond motifs is 1. The number of ether oxygens (including phenoxy) is 2. The van der Waals surface area contributed by atoms with E-state index >= 15 is 0 Å². The topological polar surface area (TPSA) is 64.6 Å². The average Bonchev–Trinajstić information content (AvgIpc) is 3.04. The van der Waals surface area contributed by atoms with Gasteiger partial charge in [0.1, 0.15) is 0 Å². The van der Waals surface area contributed by atoms with Crippen LogP contribution < -0.4 is 14.2 Å². The summed E-state index contributed by atoms with van der Waals surface area (Å²) in [4.78, 5) is 0.252. The minimum Gasteiger partial charge on any atom is -0.493 e. The van der Waals surface area contributed by atoms with Crippen molar-refractivity contribution in [3.8, 4) is 11.5 Å². The summed E-state index contributed by atoms with van der Waals surface area (Å²) in [7, 11) is -0.492. The Morgan fingerprint density at radius 1 is 0.800 bits per heavy atom. The maximum atomic E-state index is 13.1. The van der Waals surface area contributed by atoms with Crippen LogP contribution in [0.2, 0.25) is 0 Å². The predicted octanol–water partition coefficient (Wildman–Crippen LogP) is 4.51. The van der Waals surface area contributed by atoms with Gasteiger partial charge in [0.15, 0.2) is 11.5 Å². The normalized spacial score (nSPS) is 20.6. The van der Waals surface area contributed by atoms with E-state index in [1.165, 1.54) is 0 Å². The third-order valence-electron chi connectivity index (χ3n) is 5.81. The highest BCUT2D eigenvalue weighted by Gasteiger charge is 2.41. The molecule has 1 N–H and O–H groups in total. The van der Waals surface area contributed by atoms with Crippen LogP contribution in [-0.2, 0) is 10.0 Å². The smallest absolute Gasteiger partial charge is 0.241 e. The van der Waals surface area contributed by atoms with Crippen molar-refractivity contribution in [2.24, 2.45) is 5.92 Å². The molecule has 0 radical (unpaired) electrons. The van der Waals surface area contributed by atoms with Crippen molar-refractivity contribution in [3.63, 3.8) is 0 Å². The molecule has 3 atom stereocenters. The fourth-order valence-electron chi connectivity index (χ4n) is 4.36. The van der Waals surface area contributed by atoms with E-state index < -0.39 is 16.1 Å². The molecule has 1 aliphatic carbocycles. The lowest BCUT2D eigenvalue weighted by molar-refractivity contribution is 0.354. The summed E-state index contributed by atoms with van der Waals surface area (Å²) in [5, 5.41) is 0. The Bertz CT molecular complexity index is 1130. The van der Waals surface area contributed by atoms with Gasteiger partial charge in [-0.25, -0.2) is 13.1 Å². The van der Waals surface area contributed by atoms with Crippen LogP contribution in [0.15, 0.2) is 77.7 Å². The van der Waals surface area contributed by atoms with Crippen molar-refractivity contribution < 1.29 is 17.9 Å². The zero-order valence-corrected chi connectivity index (χ0v) is 18.0. The monoisotopic (exact) mass is 423 g/mol. The van der Waals surface area contributed by atoms with Crippen LogP contribution in [0.3, 0.4) is 0 Å². The van der Waals surface area contributed by atoms with Crippen LogP contribution in [0.5, 0.6) is 11.5 Å². The fourth-order valence-corrected chi connectivity index (χ4v) is 5.68. The van der Waals surface area contributed by atoms with Gasteiger partial charge in [0, 0.05) is 5.92 Å². The molecule has 0 fully saturated rings. The molecule has 6 heteroatoms. The molecule has 5 nitrogen and oxygen atoms in total. The van der Waals surface area contributed by atoms with E-state index in [2.05, 4.69) is 23.8 Å². The van der Waals surface area contributed by atoms with Crippen molar-refractivity contribution in [2.45, 2.75) is 23.8 Å². The van der Waals surface area contributed by atoms with Gasteiger partial charge in [-0.15, -0.1) is 0 Å². The molecular weight excluding hydrogens is 398 g/mol. The number of rotatable bonds is 6. The van der Waals surface area contributed by atoms with Crippen molar-refractivity contribution in [3.05, 3.63) is 89.5 Å². The van der Waals surface area contributed by atoms with Gasteiger partial charge in [-0.3, -0.25) is 0 Å². The number of sulfonamides is 1. The van der Waals surface area contributed by atoms with E-state index in [-0.39, 0.29) is 16.7 Å². The van der Waals surface area contributed by atoms with E-state index in [1.54, 1.807) is 44.6 Å². The number of methoxy groups -OCH3 is 2. The Morgan fingerprint density at radius 3 is 1.90 bits per heavy atom. The molecule has 1 aliphatic rings. The Kier molecular flexibility index (Phi) is 5.54. The van der Waals surface area contributed by atoms with Gasteiger partial charge in [0.05, 0.1) is 25.2 Å². The third-order valence-corrected chi connectivity index (χ3v) is 7.26. The number of nitrogens with one attached hydrogen (secondary N) is 1. The second-order valence-electron chi connectivity index (χ2n) is 7.50. The highest BCUT2D eigenvalue weighted by Crippen LogP contribution is 2.51. The second kappa shape index (κ2) is 8.13. The summed E-state index contributed by atoms with van der Waals surface area (Å²) in [5.41, 5.74) is 3.10. The van der Waals surface area contributed by atoms with Crippen molar-refractivity contribution in [1.29, 1.82) is 0 Å². The molecule has 0 aliphatic heterocycles. The van der Waals surface area contributed by atoms with E-state index in [1.807, 2.05) is 30.3 Å². The summed E-state index contributed by atoms with van der Waals surface area (Å²) in [6.45, 7) is 2.08. The first-order valence-electron chi connectivity index (χ1n) is 9.84. The molecule has 0 spiro atoms. The summed E-state index contributed by atoms with van der Waals surface area (Å²) < 4.78 is 40.2. The number of hydrogen-bond donors (Lipinski definition) is 1. The zero-order valence-electron chi connectivity index (χ0n) is 17.2. The highest BCUT2D eigenvalue weighted by molar-refractivity contribution is 7.89. The molecule has 0 bridgehead atoms. The lowest BCUT2D eigenvalue weighted by Crippen LogP contribution is -2.31. The number of hydrogen-bond acceptors (Lipinski definition) is 4. The molecule has 0 amide bonds. The standard InChI is InChI=1S/C24H25NO4S/c1-16-23(17-10-6-4-7-11-17)19-14-21(28-2)22(29-3)15-20(19)24(16)25-30(26,27)18-12-8-5-9-13-18/h4-16,23-25H,1-3H3/t16-,23+,24+/m1/s1. The van der Waals surface area contributed by atoms with Gasteiger partial charge in [-0.1, -0.05) is 55.5 Å². The van der Waals surface area contributed by atoms with Gasteiger partial charge in [-0.05, 0) is 46.9 Å². The van der Waals surface area contributed by atoms with E-state index in [9.17, 15) is 8.42 Å². The van der Waals surface area contributed by atoms with E-state index in [0.717, 1.165) is 16.7 Å². The summed E-state index contributed by atoms with van der Waals surface area (Å²) >= 11 is 0. The number of benzene rings is 3. The molecule has 0 saturated heterocycles.